The van der Waals surface area contributed by atoms with Crippen molar-refractivity contribution in [3.05, 3.63) is 24.3 Å². The molecule has 5 heteroatoms. The summed E-state index contributed by atoms with van der Waals surface area (Å²) < 4.78 is 5.56. The van der Waals surface area contributed by atoms with Gasteiger partial charge in [-0.25, -0.2) is 0 Å². The lowest BCUT2D eigenvalue weighted by molar-refractivity contribution is -0.134. The number of rotatable bonds is 7. The normalized spacial score (nSPS) is 15.1. The van der Waals surface area contributed by atoms with Crippen LogP contribution >= 0.6 is 0 Å². The molecule has 0 atom stereocenters. The predicted octanol–water partition coefficient (Wildman–Crippen LogP) is 1.80. The summed E-state index contributed by atoms with van der Waals surface area (Å²) in [4.78, 5) is 14.1. The number of nitrogens with zero attached hydrogens (tertiary/aromatic N) is 1. The second kappa shape index (κ2) is 7.88. The van der Waals surface area contributed by atoms with E-state index in [0.717, 1.165) is 12.8 Å². The number of benzene rings is 1. The number of aliphatic hydroxyl groups excluding tert-OH is 1. The first-order valence-corrected chi connectivity index (χ1v) is 7.59. The van der Waals surface area contributed by atoms with Crippen LogP contribution in [-0.2, 0) is 4.79 Å². The highest BCUT2D eigenvalue weighted by Gasteiger charge is 2.25. The molecule has 21 heavy (non-hydrogen) atoms. The maximum atomic E-state index is 12.3. The van der Waals surface area contributed by atoms with Crippen LogP contribution in [0, 0.1) is 0 Å². The van der Waals surface area contributed by atoms with Crippen molar-refractivity contribution >= 4 is 11.6 Å². The molecule has 0 unspecified atom stereocenters. The largest absolute Gasteiger partial charge is 0.493 e. The Balaban J connectivity index is 1.79. The van der Waals surface area contributed by atoms with Gasteiger partial charge in [0, 0.05) is 18.3 Å². The van der Waals surface area contributed by atoms with Crippen LogP contribution in [0.5, 0.6) is 5.75 Å². The predicted molar refractivity (Wildman–Crippen MR) is 82.0 cm³/mol. The van der Waals surface area contributed by atoms with E-state index in [0.29, 0.717) is 37.1 Å². The lowest BCUT2D eigenvalue weighted by Gasteiger charge is -2.28. The smallest absolute Gasteiger partial charge is 0.226 e. The van der Waals surface area contributed by atoms with E-state index in [1.54, 1.807) is 24.3 Å². The van der Waals surface area contributed by atoms with E-state index < -0.39 is 0 Å². The highest BCUT2D eigenvalue weighted by atomic mass is 16.5. The monoisotopic (exact) mass is 292 g/mol. The average Bonchev–Trinajstić information content (AvgIpc) is 3.00. The van der Waals surface area contributed by atoms with E-state index >= 15 is 0 Å². The van der Waals surface area contributed by atoms with E-state index in [1.807, 2.05) is 4.90 Å². The molecule has 3 N–H and O–H groups in total. The van der Waals surface area contributed by atoms with Crippen LogP contribution in [0.2, 0.25) is 0 Å². The molecular formula is C16H24N2O3. The molecule has 1 aliphatic carbocycles. The Bertz CT molecular complexity index is 441. The molecule has 0 aliphatic heterocycles. The first-order chi connectivity index (χ1) is 10.2. The van der Waals surface area contributed by atoms with Gasteiger partial charge in [0.1, 0.15) is 5.75 Å². The van der Waals surface area contributed by atoms with Crippen LogP contribution in [0.25, 0.3) is 0 Å². The Labute approximate surface area is 125 Å². The van der Waals surface area contributed by atoms with Crippen molar-refractivity contribution in [2.24, 2.45) is 0 Å². The molecule has 116 valence electrons. The molecular weight excluding hydrogens is 268 g/mol. The maximum Gasteiger partial charge on any atom is 0.226 e. The molecule has 1 amide bonds. The molecule has 1 fully saturated rings. The number of carbonyl (C=O) groups is 1. The van der Waals surface area contributed by atoms with Gasteiger partial charge in [0.2, 0.25) is 5.91 Å². The van der Waals surface area contributed by atoms with Crippen molar-refractivity contribution < 1.29 is 14.6 Å². The lowest BCUT2D eigenvalue weighted by atomic mass is 10.2. The third kappa shape index (κ3) is 4.63. The highest BCUT2D eigenvalue weighted by molar-refractivity contribution is 5.76. The van der Waals surface area contributed by atoms with Crippen LogP contribution < -0.4 is 10.5 Å². The average molecular weight is 292 g/mol. The molecule has 5 nitrogen and oxygen atoms in total. The standard InChI is InChI=1S/C16H24N2O3/c17-13-5-7-15(8-6-13)21-12-9-16(20)18(10-11-19)14-3-1-2-4-14/h5-8,14,19H,1-4,9-12,17H2. The topological polar surface area (TPSA) is 75.8 Å². The molecule has 1 aromatic rings. The number of hydrogen-bond acceptors (Lipinski definition) is 4. The number of nitrogens with two attached hydrogens (primary N) is 1. The summed E-state index contributed by atoms with van der Waals surface area (Å²) in [6, 6.07) is 7.42. The number of aliphatic hydroxyl groups is 1. The molecule has 0 spiro atoms. The number of anilines is 1. The summed E-state index contributed by atoms with van der Waals surface area (Å²) in [7, 11) is 0. The quantitative estimate of drug-likeness (QED) is 0.751. The van der Waals surface area contributed by atoms with Gasteiger partial charge >= 0.3 is 0 Å². The van der Waals surface area contributed by atoms with Gasteiger partial charge in [-0.1, -0.05) is 12.8 Å². The van der Waals surface area contributed by atoms with E-state index in [4.69, 9.17) is 15.6 Å². The lowest BCUT2D eigenvalue weighted by Crippen LogP contribution is -2.41. The molecule has 1 aromatic carbocycles. The van der Waals surface area contributed by atoms with Gasteiger partial charge in [-0.3, -0.25) is 4.79 Å². The van der Waals surface area contributed by atoms with Gasteiger partial charge < -0.3 is 20.5 Å². The maximum absolute atomic E-state index is 12.3. The van der Waals surface area contributed by atoms with Crippen LogP contribution in [0.3, 0.4) is 0 Å². The number of amides is 1. The first kappa shape index (κ1) is 15.6. The minimum absolute atomic E-state index is 0.0149. The van der Waals surface area contributed by atoms with Gasteiger partial charge in [0.15, 0.2) is 0 Å². The first-order valence-electron chi connectivity index (χ1n) is 7.59. The van der Waals surface area contributed by atoms with Crippen molar-refractivity contribution in [2.45, 2.75) is 38.1 Å². The zero-order valence-electron chi connectivity index (χ0n) is 12.3. The fourth-order valence-electron chi connectivity index (χ4n) is 2.80. The summed E-state index contributed by atoms with van der Waals surface area (Å²) in [5.41, 5.74) is 6.30. The second-order valence-electron chi connectivity index (χ2n) is 5.42. The summed E-state index contributed by atoms with van der Waals surface area (Å²) in [5.74, 6) is 0.776. The van der Waals surface area contributed by atoms with Crippen molar-refractivity contribution in [3.8, 4) is 5.75 Å². The van der Waals surface area contributed by atoms with Crippen molar-refractivity contribution in [1.29, 1.82) is 0 Å². The van der Waals surface area contributed by atoms with E-state index in [2.05, 4.69) is 0 Å². The Kier molecular flexibility index (Phi) is 5.87. The molecule has 0 aromatic heterocycles. The molecule has 1 aliphatic rings. The fourth-order valence-corrected chi connectivity index (χ4v) is 2.80. The SMILES string of the molecule is Nc1ccc(OCCC(=O)N(CCO)C2CCCC2)cc1. The number of carbonyl (C=O) groups excluding carboxylic acids is 1. The van der Waals surface area contributed by atoms with Crippen molar-refractivity contribution in [2.75, 3.05) is 25.5 Å². The summed E-state index contributed by atoms with van der Waals surface area (Å²) in [6.45, 7) is 0.782. The van der Waals surface area contributed by atoms with E-state index in [1.165, 1.54) is 12.8 Å². The third-order valence-electron chi connectivity index (χ3n) is 3.89. The molecule has 1 saturated carbocycles. The van der Waals surface area contributed by atoms with Gasteiger partial charge in [-0.15, -0.1) is 0 Å². The van der Waals surface area contributed by atoms with Crippen LogP contribution in [-0.4, -0.2) is 41.7 Å². The number of nitrogen functional groups attached to an aromatic ring is 1. The highest BCUT2D eigenvalue weighted by Crippen LogP contribution is 2.24. The molecule has 0 saturated heterocycles. The Morgan fingerprint density at radius 1 is 1.29 bits per heavy atom. The van der Waals surface area contributed by atoms with E-state index in [9.17, 15) is 4.79 Å². The van der Waals surface area contributed by atoms with Crippen molar-refractivity contribution in [3.63, 3.8) is 0 Å². The summed E-state index contributed by atoms with van der Waals surface area (Å²) in [6.07, 6.45) is 4.76. The second-order valence-corrected chi connectivity index (χ2v) is 5.42. The Morgan fingerprint density at radius 3 is 2.57 bits per heavy atom. The van der Waals surface area contributed by atoms with Gasteiger partial charge in [-0.05, 0) is 37.1 Å². The molecule has 0 bridgehead atoms. The minimum atomic E-state index is 0.0149. The van der Waals surface area contributed by atoms with Crippen LogP contribution in [0.15, 0.2) is 24.3 Å². The van der Waals surface area contributed by atoms with Crippen LogP contribution in [0.4, 0.5) is 5.69 Å². The van der Waals surface area contributed by atoms with Gasteiger partial charge in [-0.2, -0.15) is 0 Å². The van der Waals surface area contributed by atoms with Gasteiger partial charge in [0.05, 0.1) is 19.6 Å². The number of hydrogen-bond donors (Lipinski definition) is 2. The molecule has 0 radical (unpaired) electrons. The third-order valence-corrected chi connectivity index (χ3v) is 3.89. The van der Waals surface area contributed by atoms with Gasteiger partial charge in [0.25, 0.3) is 0 Å². The Morgan fingerprint density at radius 2 is 1.95 bits per heavy atom. The number of ether oxygens (including phenoxy) is 1. The van der Waals surface area contributed by atoms with Crippen LogP contribution in [0.1, 0.15) is 32.1 Å². The molecule has 0 heterocycles. The molecule has 2 rings (SSSR count). The zero-order valence-corrected chi connectivity index (χ0v) is 12.3. The summed E-state index contributed by atoms with van der Waals surface area (Å²) >= 11 is 0. The Hall–Kier alpha value is -1.75. The summed E-state index contributed by atoms with van der Waals surface area (Å²) in [5, 5.41) is 9.14. The van der Waals surface area contributed by atoms with Crippen molar-refractivity contribution in [1.82, 2.24) is 4.90 Å². The fraction of sp³-hybridized carbons (Fsp3) is 0.562. The van der Waals surface area contributed by atoms with E-state index in [-0.39, 0.29) is 12.5 Å². The minimum Gasteiger partial charge on any atom is -0.493 e. The zero-order chi connectivity index (χ0) is 15.1.